The number of carbonyl (C=O) groups excluding carboxylic acids is 1. The number of rotatable bonds is 8. The van der Waals surface area contributed by atoms with Crippen LogP contribution in [-0.4, -0.2) is 48.8 Å². The number of fused-ring (bicyclic) bond motifs is 1. The van der Waals surface area contributed by atoms with E-state index < -0.39 is 6.10 Å². The second-order valence-electron chi connectivity index (χ2n) is 6.49. The van der Waals surface area contributed by atoms with Gasteiger partial charge in [0, 0.05) is 14.1 Å². The highest BCUT2D eigenvalue weighted by Crippen LogP contribution is 2.29. The van der Waals surface area contributed by atoms with Crippen LogP contribution >= 0.6 is 11.3 Å². The molecule has 0 aliphatic rings. The smallest absolute Gasteiger partial charge is 0.262 e. The molecule has 1 aromatic heterocycles. The minimum atomic E-state index is -0.607. The number of thiazole rings is 1. The number of amides is 1. The fraction of sp³-hybridized carbons (Fsp3) is 0.286. The van der Waals surface area contributed by atoms with Crippen LogP contribution in [0.5, 0.6) is 11.5 Å². The van der Waals surface area contributed by atoms with Gasteiger partial charge in [-0.2, -0.15) is 5.10 Å². The summed E-state index contributed by atoms with van der Waals surface area (Å²) in [5, 5.41) is 4.99. The van der Waals surface area contributed by atoms with Crippen LogP contribution in [-0.2, 0) is 4.79 Å². The average Bonchev–Trinajstić information content (AvgIpc) is 3.12. The highest BCUT2D eigenvalue weighted by Gasteiger charge is 2.18. The normalized spacial score (nSPS) is 12.1. The van der Waals surface area contributed by atoms with Crippen LogP contribution in [0.3, 0.4) is 0 Å². The fourth-order valence-electron chi connectivity index (χ4n) is 2.66. The maximum absolute atomic E-state index is 12.0. The number of likely N-dealkylation sites (N-methyl/N-ethyl adjacent to an activating group) is 1. The van der Waals surface area contributed by atoms with Crippen molar-refractivity contribution < 1.29 is 14.3 Å². The lowest BCUT2D eigenvalue weighted by Gasteiger charge is -2.20. The van der Waals surface area contributed by atoms with E-state index in [0.29, 0.717) is 18.1 Å². The molecule has 1 heterocycles. The van der Waals surface area contributed by atoms with Crippen LogP contribution in [0.1, 0.15) is 19.4 Å². The second-order valence-corrected chi connectivity index (χ2v) is 7.52. The molecule has 0 aliphatic carbocycles. The molecule has 1 N–H and O–H groups in total. The van der Waals surface area contributed by atoms with E-state index in [0.717, 1.165) is 20.9 Å². The van der Waals surface area contributed by atoms with Gasteiger partial charge in [0.15, 0.2) is 17.6 Å². The summed E-state index contributed by atoms with van der Waals surface area (Å²) in [6.07, 6.45) is 1.08. The summed E-state index contributed by atoms with van der Waals surface area (Å²) in [7, 11) is 3.40. The van der Waals surface area contributed by atoms with Crippen LogP contribution in [0.4, 0.5) is 5.13 Å². The molecule has 0 bridgehead atoms. The summed E-state index contributed by atoms with van der Waals surface area (Å²) in [5.74, 6) is 0.971. The number of hydrazone groups is 1. The second kappa shape index (κ2) is 9.38. The number of benzene rings is 2. The van der Waals surface area contributed by atoms with Gasteiger partial charge in [0.05, 0.1) is 23.0 Å². The Morgan fingerprint density at radius 3 is 2.79 bits per heavy atom. The van der Waals surface area contributed by atoms with Gasteiger partial charge in [0.1, 0.15) is 0 Å². The molecule has 0 spiro atoms. The van der Waals surface area contributed by atoms with Crippen LogP contribution in [0.15, 0.2) is 47.6 Å². The van der Waals surface area contributed by atoms with Crippen molar-refractivity contribution in [3.05, 3.63) is 48.0 Å². The van der Waals surface area contributed by atoms with Crippen molar-refractivity contribution in [2.45, 2.75) is 20.0 Å². The van der Waals surface area contributed by atoms with E-state index in [-0.39, 0.29) is 5.91 Å². The first kappa shape index (κ1) is 20.6. The lowest BCUT2D eigenvalue weighted by atomic mass is 10.2. The van der Waals surface area contributed by atoms with E-state index >= 15 is 0 Å². The number of carbonyl (C=O) groups is 1. The van der Waals surface area contributed by atoms with Gasteiger partial charge >= 0.3 is 0 Å². The third kappa shape index (κ3) is 5.23. The maximum Gasteiger partial charge on any atom is 0.262 e. The number of hydrogen-bond donors (Lipinski definition) is 1. The third-order valence-corrected chi connectivity index (χ3v) is 4.97. The van der Waals surface area contributed by atoms with Crippen molar-refractivity contribution in [2.75, 3.05) is 26.1 Å². The Bertz CT molecular complexity index is 983. The summed E-state index contributed by atoms with van der Waals surface area (Å²) in [6, 6.07) is 13.4. The van der Waals surface area contributed by atoms with Crippen molar-refractivity contribution >= 4 is 38.8 Å². The third-order valence-electron chi connectivity index (χ3n) is 4.03. The van der Waals surface area contributed by atoms with Crippen molar-refractivity contribution in [1.29, 1.82) is 0 Å². The van der Waals surface area contributed by atoms with Crippen molar-refractivity contribution in [2.24, 2.45) is 5.10 Å². The molecule has 0 radical (unpaired) electrons. The highest BCUT2D eigenvalue weighted by molar-refractivity contribution is 7.22. The van der Waals surface area contributed by atoms with E-state index in [1.54, 1.807) is 44.6 Å². The van der Waals surface area contributed by atoms with Gasteiger partial charge in [-0.05, 0) is 49.7 Å². The molecule has 1 amide bonds. The molecule has 0 saturated heterocycles. The zero-order valence-corrected chi connectivity index (χ0v) is 17.7. The van der Waals surface area contributed by atoms with Crippen LogP contribution in [0.2, 0.25) is 0 Å². The van der Waals surface area contributed by atoms with E-state index in [1.165, 1.54) is 4.90 Å². The number of ether oxygens (including phenoxy) is 2. The Balaban J connectivity index is 1.71. The molecule has 8 heteroatoms. The summed E-state index contributed by atoms with van der Waals surface area (Å²) in [6.45, 7) is 4.10. The maximum atomic E-state index is 12.0. The molecular weight excluding hydrogens is 388 g/mol. The monoisotopic (exact) mass is 412 g/mol. The Hall–Kier alpha value is -3.13. The average molecular weight is 413 g/mol. The Kier molecular flexibility index (Phi) is 6.66. The fourth-order valence-corrected chi connectivity index (χ4v) is 3.47. The molecule has 29 heavy (non-hydrogen) atoms. The summed E-state index contributed by atoms with van der Waals surface area (Å²) < 4.78 is 12.6. The topological polar surface area (TPSA) is 76.0 Å². The number of para-hydroxylation sites is 1. The van der Waals surface area contributed by atoms with Crippen molar-refractivity contribution in [3.63, 3.8) is 0 Å². The van der Waals surface area contributed by atoms with E-state index in [1.807, 2.05) is 43.3 Å². The predicted octanol–water partition coefficient (Wildman–Crippen LogP) is 4.00. The lowest BCUT2D eigenvalue weighted by Crippen LogP contribution is -2.35. The standard InChI is InChI=1S/C21H24N4O3S/c1-5-27-18-12-15(10-11-17(18)28-14(2)20(26)25(3)4)13-22-24-21-23-16-8-6-7-9-19(16)29-21/h6-14H,5H2,1-4H3,(H,23,24)/b22-13-/t14-/m1/s1. The van der Waals surface area contributed by atoms with E-state index in [9.17, 15) is 4.79 Å². The minimum absolute atomic E-state index is 0.113. The first-order valence-corrected chi connectivity index (χ1v) is 10.1. The lowest BCUT2D eigenvalue weighted by molar-refractivity contribution is -0.135. The van der Waals surface area contributed by atoms with Gasteiger partial charge in [0.25, 0.3) is 5.91 Å². The van der Waals surface area contributed by atoms with Crippen LogP contribution < -0.4 is 14.9 Å². The Morgan fingerprint density at radius 2 is 2.07 bits per heavy atom. The molecule has 0 unspecified atom stereocenters. The molecule has 3 rings (SSSR count). The molecule has 0 aliphatic heterocycles. The molecule has 7 nitrogen and oxygen atoms in total. The van der Waals surface area contributed by atoms with E-state index in [4.69, 9.17) is 9.47 Å². The largest absolute Gasteiger partial charge is 0.490 e. The van der Waals surface area contributed by atoms with Crippen molar-refractivity contribution in [1.82, 2.24) is 9.88 Å². The number of nitrogens with zero attached hydrogens (tertiary/aromatic N) is 3. The number of hydrogen-bond acceptors (Lipinski definition) is 7. The quantitative estimate of drug-likeness (QED) is 0.447. The van der Waals surface area contributed by atoms with E-state index in [2.05, 4.69) is 15.5 Å². The van der Waals surface area contributed by atoms with Gasteiger partial charge in [-0.15, -0.1) is 0 Å². The van der Waals surface area contributed by atoms with Crippen LogP contribution in [0.25, 0.3) is 10.2 Å². The number of anilines is 1. The molecule has 1 atom stereocenters. The molecule has 2 aromatic carbocycles. The zero-order valence-electron chi connectivity index (χ0n) is 16.9. The first-order valence-electron chi connectivity index (χ1n) is 9.27. The molecule has 152 valence electrons. The van der Waals surface area contributed by atoms with Crippen LogP contribution in [0, 0.1) is 0 Å². The molecule has 3 aromatic rings. The van der Waals surface area contributed by atoms with Crippen molar-refractivity contribution in [3.8, 4) is 11.5 Å². The first-order chi connectivity index (χ1) is 14.0. The summed E-state index contributed by atoms with van der Waals surface area (Å²) in [5.41, 5.74) is 4.74. The number of nitrogens with one attached hydrogen (secondary N) is 1. The Labute approximate surface area is 174 Å². The Morgan fingerprint density at radius 1 is 1.28 bits per heavy atom. The zero-order chi connectivity index (χ0) is 20.8. The SMILES string of the molecule is CCOc1cc(/C=N\Nc2nc3ccccc3s2)ccc1O[C@H](C)C(=O)N(C)C. The van der Waals surface area contributed by atoms with Gasteiger partial charge in [-0.25, -0.2) is 4.98 Å². The van der Waals surface area contributed by atoms with Gasteiger partial charge in [-0.3, -0.25) is 10.2 Å². The summed E-state index contributed by atoms with van der Waals surface area (Å²) in [4.78, 5) is 18.0. The summed E-state index contributed by atoms with van der Waals surface area (Å²) >= 11 is 1.54. The van der Waals surface area contributed by atoms with Gasteiger partial charge < -0.3 is 14.4 Å². The molecule has 0 saturated carbocycles. The minimum Gasteiger partial charge on any atom is -0.490 e. The predicted molar refractivity (Wildman–Crippen MR) is 117 cm³/mol. The molecular formula is C21H24N4O3S. The van der Waals surface area contributed by atoms with Gasteiger partial charge in [-0.1, -0.05) is 23.5 Å². The van der Waals surface area contributed by atoms with Gasteiger partial charge in [0.2, 0.25) is 5.13 Å². The highest BCUT2D eigenvalue weighted by atomic mass is 32.1. The number of aromatic nitrogens is 1. The molecule has 0 fully saturated rings.